The van der Waals surface area contributed by atoms with Crippen molar-refractivity contribution in [2.75, 3.05) is 7.11 Å². The van der Waals surface area contributed by atoms with Crippen molar-refractivity contribution in [2.24, 2.45) is 0 Å². The molecule has 2 rings (SSSR count). The van der Waals surface area contributed by atoms with Crippen LogP contribution in [0.15, 0.2) is 22.5 Å². The van der Waals surface area contributed by atoms with Crippen LogP contribution in [0.4, 0.5) is 0 Å². The summed E-state index contributed by atoms with van der Waals surface area (Å²) in [4.78, 5) is 3.91. The van der Waals surface area contributed by atoms with Crippen molar-refractivity contribution in [3.05, 3.63) is 18.2 Å². The zero-order valence-corrected chi connectivity index (χ0v) is 9.99. The molecule has 2 aromatic rings. The van der Waals surface area contributed by atoms with E-state index >= 15 is 0 Å². The van der Waals surface area contributed by atoms with Gasteiger partial charge in [-0.3, -0.25) is 0 Å². The second kappa shape index (κ2) is 3.62. The first-order valence-corrected chi connectivity index (χ1v) is 7.02. The molecule has 0 aliphatic carbocycles. The third-order valence-corrected chi connectivity index (χ3v) is 4.74. The predicted octanol–water partition coefficient (Wildman–Crippen LogP) is 2.23. The molecule has 4 nitrogen and oxygen atoms in total. The summed E-state index contributed by atoms with van der Waals surface area (Å²) in [5, 5.41) is 0. The number of hydrogen-bond donors (Lipinski definition) is 0. The summed E-state index contributed by atoms with van der Waals surface area (Å²) in [6.45, 7) is 0. The number of benzene rings is 1. The second-order valence-electron chi connectivity index (χ2n) is 2.75. The molecule has 15 heavy (non-hydrogen) atoms. The zero-order valence-electron chi connectivity index (χ0n) is 7.60. The Kier molecular flexibility index (Phi) is 2.57. The molecular formula is C8H6ClNO3S2. The van der Waals surface area contributed by atoms with E-state index in [0.29, 0.717) is 11.3 Å². The molecule has 0 N–H and O–H groups in total. The minimum atomic E-state index is -3.75. The van der Waals surface area contributed by atoms with Crippen molar-refractivity contribution in [1.29, 1.82) is 0 Å². The number of hydrogen-bond acceptors (Lipinski definition) is 5. The van der Waals surface area contributed by atoms with Crippen LogP contribution < -0.4 is 4.74 Å². The van der Waals surface area contributed by atoms with Gasteiger partial charge in [-0.15, -0.1) is 11.3 Å². The van der Waals surface area contributed by atoms with Crippen LogP contribution in [0, 0.1) is 0 Å². The molecule has 0 amide bonds. The number of fused-ring (bicyclic) bond motifs is 1. The van der Waals surface area contributed by atoms with Gasteiger partial charge in [0, 0.05) is 16.7 Å². The Hall–Kier alpha value is -0.850. The zero-order chi connectivity index (χ0) is 11.1. The predicted molar refractivity (Wildman–Crippen MR) is 59.2 cm³/mol. The molecule has 0 bridgehead atoms. The van der Waals surface area contributed by atoms with Gasteiger partial charge in [-0.05, 0) is 12.1 Å². The largest absolute Gasteiger partial charge is 0.497 e. The molecule has 0 saturated heterocycles. The normalized spacial score (nSPS) is 11.9. The Balaban J connectivity index is 2.66. The number of rotatable bonds is 2. The van der Waals surface area contributed by atoms with Gasteiger partial charge >= 0.3 is 0 Å². The molecule has 7 heteroatoms. The number of halogens is 1. The van der Waals surface area contributed by atoms with Crippen molar-refractivity contribution >= 4 is 41.3 Å². The molecule has 0 fully saturated rings. The lowest BCUT2D eigenvalue weighted by Crippen LogP contribution is -1.87. The summed E-state index contributed by atoms with van der Waals surface area (Å²) < 4.78 is 27.7. The van der Waals surface area contributed by atoms with Crippen LogP contribution in [-0.4, -0.2) is 20.5 Å². The fourth-order valence-corrected chi connectivity index (χ4v) is 3.06. The van der Waals surface area contributed by atoms with Gasteiger partial charge in [-0.25, -0.2) is 13.4 Å². The van der Waals surface area contributed by atoms with E-state index in [1.165, 1.54) is 7.11 Å². The lowest BCUT2D eigenvalue weighted by Gasteiger charge is -1.96. The van der Waals surface area contributed by atoms with Crippen LogP contribution in [-0.2, 0) is 9.05 Å². The van der Waals surface area contributed by atoms with E-state index in [9.17, 15) is 8.42 Å². The maximum atomic E-state index is 11.0. The molecule has 0 saturated carbocycles. The number of nitrogens with zero attached hydrogens (tertiary/aromatic N) is 1. The molecule has 0 spiro atoms. The Morgan fingerprint density at radius 1 is 1.47 bits per heavy atom. The van der Waals surface area contributed by atoms with Gasteiger partial charge in [0.25, 0.3) is 9.05 Å². The maximum absolute atomic E-state index is 11.0. The molecule has 80 valence electrons. The SMILES string of the molecule is COc1ccc2sc(S(=O)(=O)Cl)nc2c1. The third-order valence-electron chi connectivity index (χ3n) is 1.78. The van der Waals surface area contributed by atoms with Crippen LogP contribution in [0.5, 0.6) is 5.75 Å². The van der Waals surface area contributed by atoms with Crippen molar-refractivity contribution < 1.29 is 13.2 Å². The summed E-state index contributed by atoms with van der Waals surface area (Å²) in [5.41, 5.74) is 0.568. The van der Waals surface area contributed by atoms with Crippen LogP contribution in [0.3, 0.4) is 0 Å². The number of thiazole rings is 1. The lowest BCUT2D eigenvalue weighted by atomic mass is 10.3. The Labute approximate surface area is 94.9 Å². The summed E-state index contributed by atoms with van der Waals surface area (Å²) in [7, 11) is 2.98. The quantitative estimate of drug-likeness (QED) is 0.780. The van der Waals surface area contributed by atoms with Gasteiger partial charge in [-0.1, -0.05) is 0 Å². The van der Waals surface area contributed by atoms with E-state index in [0.717, 1.165) is 16.0 Å². The first-order valence-electron chi connectivity index (χ1n) is 3.90. The van der Waals surface area contributed by atoms with E-state index < -0.39 is 9.05 Å². The van der Waals surface area contributed by atoms with E-state index in [1.807, 2.05) is 0 Å². The Morgan fingerprint density at radius 3 is 2.80 bits per heavy atom. The lowest BCUT2D eigenvalue weighted by molar-refractivity contribution is 0.415. The van der Waals surface area contributed by atoms with E-state index in [-0.39, 0.29) is 4.34 Å². The minimum absolute atomic E-state index is 0.0904. The number of ether oxygens (including phenoxy) is 1. The first-order chi connectivity index (χ1) is 7.00. The van der Waals surface area contributed by atoms with Gasteiger partial charge in [-0.2, -0.15) is 0 Å². The van der Waals surface area contributed by atoms with Crippen LogP contribution in [0.2, 0.25) is 0 Å². The van der Waals surface area contributed by atoms with Gasteiger partial charge in [0.05, 0.1) is 17.3 Å². The summed E-state index contributed by atoms with van der Waals surface area (Å²) >= 11 is 1.04. The van der Waals surface area contributed by atoms with Crippen molar-refractivity contribution in [1.82, 2.24) is 4.98 Å². The maximum Gasteiger partial charge on any atom is 0.288 e. The van der Waals surface area contributed by atoms with Crippen molar-refractivity contribution in [3.63, 3.8) is 0 Å². The highest BCUT2D eigenvalue weighted by molar-refractivity contribution is 8.15. The molecule has 0 radical (unpaired) electrons. The van der Waals surface area contributed by atoms with E-state index in [4.69, 9.17) is 15.4 Å². The van der Waals surface area contributed by atoms with Crippen LogP contribution in [0.1, 0.15) is 0 Å². The van der Waals surface area contributed by atoms with Crippen LogP contribution in [0.25, 0.3) is 10.2 Å². The smallest absolute Gasteiger partial charge is 0.288 e. The average molecular weight is 264 g/mol. The first kappa shape index (κ1) is 10.7. The van der Waals surface area contributed by atoms with E-state index in [2.05, 4.69) is 4.98 Å². The van der Waals surface area contributed by atoms with Gasteiger partial charge in [0.15, 0.2) is 0 Å². The summed E-state index contributed by atoms with van der Waals surface area (Å²) in [5.74, 6) is 0.631. The van der Waals surface area contributed by atoms with Gasteiger partial charge in [0.1, 0.15) is 5.75 Å². The number of aromatic nitrogens is 1. The fraction of sp³-hybridized carbons (Fsp3) is 0.125. The van der Waals surface area contributed by atoms with Crippen molar-refractivity contribution in [3.8, 4) is 5.75 Å². The molecular weight excluding hydrogens is 258 g/mol. The molecule has 1 aromatic heterocycles. The van der Waals surface area contributed by atoms with Gasteiger partial charge in [0.2, 0.25) is 4.34 Å². The molecule has 0 aliphatic heterocycles. The topological polar surface area (TPSA) is 56.3 Å². The summed E-state index contributed by atoms with van der Waals surface area (Å²) in [6, 6.07) is 5.15. The minimum Gasteiger partial charge on any atom is -0.497 e. The van der Waals surface area contributed by atoms with E-state index in [1.54, 1.807) is 18.2 Å². The summed E-state index contributed by atoms with van der Waals surface area (Å²) in [6.07, 6.45) is 0. The monoisotopic (exact) mass is 263 g/mol. The highest BCUT2D eigenvalue weighted by Gasteiger charge is 2.16. The van der Waals surface area contributed by atoms with Gasteiger partial charge < -0.3 is 4.74 Å². The molecule has 0 unspecified atom stereocenters. The van der Waals surface area contributed by atoms with Crippen molar-refractivity contribution in [2.45, 2.75) is 4.34 Å². The highest BCUT2D eigenvalue weighted by atomic mass is 35.7. The molecule has 0 aliphatic rings. The number of methoxy groups -OCH3 is 1. The molecule has 1 heterocycles. The average Bonchev–Trinajstić information content (AvgIpc) is 2.59. The second-order valence-corrected chi connectivity index (χ2v) is 6.52. The Morgan fingerprint density at radius 2 is 2.20 bits per heavy atom. The third kappa shape index (κ3) is 2.06. The Bertz CT molecular complexity index is 605. The standard InChI is InChI=1S/C8H6ClNO3S2/c1-13-5-2-3-7-6(4-5)10-8(14-7)15(9,11)12/h2-4H,1H3. The molecule has 1 aromatic carbocycles. The van der Waals surface area contributed by atoms with Crippen LogP contribution >= 0.6 is 22.0 Å². The fourth-order valence-electron chi connectivity index (χ4n) is 1.12. The molecule has 0 atom stereocenters. The highest BCUT2D eigenvalue weighted by Crippen LogP contribution is 2.29.